The van der Waals surface area contributed by atoms with Crippen LogP contribution in [0.2, 0.25) is 0 Å². The van der Waals surface area contributed by atoms with Crippen LogP contribution in [0.15, 0.2) is 0 Å². The number of likely N-dealkylation sites (N-methyl/N-ethyl adjacent to an activating group) is 1. The van der Waals surface area contributed by atoms with Crippen molar-refractivity contribution >= 4 is 6.03 Å². The van der Waals surface area contributed by atoms with Crippen molar-refractivity contribution in [3.63, 3.8) is 0 Å². The maximum atomic E-state index is 11.6. The van der Waals surface area contributed by atoms with Crippen molar-refractivity contribution in [2.45, 2.75) is 0 Å². The number of nitrogens with zero attached hydrogens (tertiary/aromatic N) is 2. The molecule has 1 fully saturated rings. The van der Waals surface area contributed by atoms with E-state index in [1.807, 2.05) is 0 Å². The Morgan fingerprint density at radius 3 is 2.69 bits per heavy atom. The molecule has 0 spiro atoms. The number of urea groups is 1. The maximum absolute atomic E-state index is 11.6. The van der Waals surface area contributed by atoms with Crippen LogP contribution in [0.25, 0.3) is 0 Å². The van der Waals surface area contributed by atoms with E-state index in [2.05, 4.69) is 5.32 Å². The van der Waals surface area contributed by atoms with E-state index in [9.17, 15) is 4.79 Å². The van der Waals surface area contributed by atoms with E-state index in [1.54, 1.807) is 16.8 Å². The first kappa shape index (κ1) is 10.3. The molecule has 0 bridgehead atoms. The second-order valence-corrected chi connectivity index (χ2v) is 3.16. The summed E-state index contributed by atoms with van der Waals surface area (Å²) in [5.41, 5.74) is 0. The van der Waals surface area contributed by atoms with Gasteiger partial charge in [0, 0.05) is 39.8 Å². The molecule has 0 aromatic heterocycles. The summed E-state index contributed by atoms with van der Waals surface area (Å²) in [6.07, 6.45) is 0. The molecule has 1 saturated heterocycles. The molecule has 0 aromatic carbocycles. The van der Waals surface area contributed by atoms with E-state index in [4.69, 9.17) is 5.11 Å². The van der Waals surface area contributed by atoms with E-state index in [0.29, 0.717) is 6.54 Å². The highest BCUT2D eigenvalue weighted by Gasteiger charge is 2.18. The third kappa shape index (κ3) is 2.86. The van der Waals surface area contributed by atoms with E-state index < -0.39 is 0 Å². The van der Waals surface area contributed by atoms with E-state index in [-0.39, 0.29) is 12.6 Å². The van der Waals surface area contributed by atoms with Crippen LogP contribution in [0.5, 0.6) is 0 Å². The van der Waals surface area contributed by atoms with Crippen LogP contribution in [0.3, 0.4) is 0 Å². The zero-order chi connectivity index (χ0) is 9.68. The Balaban J connectivity index is 2.36. The lowest BCUT2D eigenvalue weighted by atomic mass is 10.4. The van der Waals surface area contributed by atoms with Crippen molar-refractivity contribution in [2.24, 2.45) is 0 Å². The van der Waals surface area contributed by atoms with E-state index in [0.717, 1.165) is 26.2 Å². The van der Waals surface area contributed by atoms with Crippen molar-refractivity contribution < 1.29 is 9.90 Å². The summed E-state index contributed by atoms with van der Waals surface area (Å²) in [6, 6.07) is 0.00977. The number of amides is 2. The fourth-order valence-corrected chi connectivity index (χ4v) is 1.34. The number of piperazine rings is 1. The topological polar surface area (TPSA) is 55.8 Å². The second kappa shape index (κ2) is 5.04. The largest absolute Gasteiger partial charge is 0.395 e. The van der Waals surface area contributed by atoms with Crippen LogP contribution in [-0.2, 0) is 0 Å². The lowest BCUT2D eigenvalue weighted by molar-refractivity contribution is 0.145. The van der Waals surface area contributed by atoms with E-state index in [1.165, 1.54) is 0 Å². The molecule has 0 unspecified atom stereocenters. The fourth-order valence-electron chi connectivity index (χ4n) is 1.34. The standard InChI is InChI=1S/C8H17N3O2/c1-10(6-7-12)8(13)11-4-2-9-3-5-11/h9,12H,2-7H2,1H3. The number of carbonyl (C=O) groups is 1. The molecule has 76 valence electrons. The van der Waals surface area contributed by atoms with Crippen LogP contribution in [0.1, 0.15) is 0 Å². The Morgan fingerprint density at radius 1 is 1.54 bits per heavy atom. The fraction of sp³-hybridized carbons (Fsp3) is 0.875. The number of aliphatic hydroxyl groups excluding tert-OH is 1. The highest BCUT2D eigenvalue weighted by Crippen LogP contribution is 1.98. The molecule has 0 atom stereocenters. The van der Waals surface area contributed by atoms with Crippen LogP contribution >= 0.6 is 0 Å². The summed E-state index contributed by atoms with van der Waals surface area (Å²) in [5.74, 6) is 0. The van der Waals surface area contributed by atoms with Gasteiger partial charge in [0.15, 0.2) is 0 Å². The van der Waals surface area contributed by atoms with Crippen molar-refractivity contribution in [2.75, 3.05) is 46.4 Å². The zero-order valence-corrected chi connectivity index (χ0v) is 7.99. The number of carbonyl (C=O) groups excluding carboxylic acids is 1. The number of hydrogen-bond acceptors (Lipinski definition) is 3. The molecule has 1 aliphatic heterocycles. The minimum atomic E-state index is 0.00977. The monoisotopic (exact) mass is 187 g/mol. The van der Waals surface area contributed by atoms with Gasteiger partial charge in [-0.15, -0.1) is 0 Å². The molecule has 2 N–H and O–H groups in total. The number of nitrogens with one attached hydrogen (secondary N) is 1. The molecule has 0 aromatic rings. The van der Waals surface area contributed by atoms with Gasteiger partial charge in [-0.1, -0.05) is 0 Å². The molecule has 0 saturated carbocycles. The van der Waals surface area contributed by atoms with Crippen LogP contribution < -0.4 is 5.32 Å². The van der Waals surface area contributed by atoms with E-state index >= 15 is 0 Å². The Hall–Kier alpha value is -0.810. The summed E-state index contributed by atoms with van der Waals surface area (Å²) in [4.78, 5) is 14.9. The average Bonchev–Trinajstić information content (AvgIpc) is 2.18. The minimum absolute atomic E-state index is 0.00977. The first-order valence-electron chi connectivity index (χ1n) is 4.57. The van der Waals surface area contributed by atoms with Gasteiger partial charge in [-0.2, -0.15) is 0 Å². The first-order chi connectivity index (χ1) is 6.25. The van der Waals surface area contributed by atoms with Crippen LogP contribution in [-0.4, -0.2) is 67.3 Å². The van der Waals surface area contributed by atoms with Crippen LogP contribution in [0.4, 0.5) is 4.79 Å². The third-order valence-electron chi connectivity index (χ3n) is 2.15. The summed E-state index contributed by atoms with van der Waals surface area (Å²) in [6.45, 7) is 3.66. The number of aliphatic hydroxyl groups is 1. The van der Waals surface area contributed by atoms with Crippen molar-refractivity contribution in [1.29, 1.82) is 0 Å². The summed E-state index contributed by atoms with van der Waals surface area (Å²) in [7, 11) is 1.71. The molecule has 0 radical (unpaired) electrons. The molecular formula is C8H17N3O2. The normalized spacial score (nSPS) is 17.2. The molecular weight excluding hydrogens is 170 g/mol. The minimum Gasteiger partial charge on any atom is -0.395 e. The predicted octanol–water partition coefficient (Wildman–Crippen LogP) is -1.06. The molecule has 5 heteroatoms. The third-order valence-corrected chi connectivity index (χ3v) is 2.15. The van der Waals surface area contributed by atoms with Gasteiger partial charge in [-0.3, -0.25) is 0 Å². The predicted molar refractivity (Wildman–Crippen MR) is 49.6 cm³/mol. The maximum Gasteiger partial charge on any atom is 0.319 e. The Morgan fingerprint density at radius 2 is 2.15 bits per heavy atom. The number of rotatable bonds is 2. The Labute approximate surface area is 78.3 Å². The smallest absolute Gasteiger partial charge is 0.319 e. The van der Waals surface area contributed by atoms with Crippen molar-refractivity contribution in [3.8, 4) is 0 Å². The van der Waals surface area contributed by atoms with Gasteiger partial charge in [0.1, 0.15) is 0 Å². The van der Waals surface area contributed by atoms with Gasteiger partial charge in [-0.05, 0) is 0 Å². The van der Waals surface area contributed by atoms with Gasteiger partial charge in [0.05, 0.1) is 6.61 Å². The molecule has 5 nitrogen and oxygen atoms in total. The van der Waals surface area contributed by atoms with Crippen molar-refractivity contribution in [1.82, 2.24) is 15.1 Å². The summed E-state index contributed by atoms with van der Waals surface area (Å²) < 4.78 is 0. The summed E-state index contributed by atoms with van der Waals surface area (Å²) >= 11 is 0. The zero-order valence-electron chi connectivity index (χ0n) is 7.99. The van der Waals surface area contributed by atoms with Gasteiger partial charge in [0.25, 0.3) is 0 Å². The average molecular weight is 187 g/mol. The Bertz CT molecular complexity index is 169. The number of hydrogen-bond donors (Lipinski definition) is 2. The quantitative estimate of drug-likeness (QED) is 0.579. The molecule has 0 aliphatic carbocycles. The molecule has 2 amide bonds. The first-order valence-corrected chi connectivity index (χ1v) is 4.57. The molecule has 1 rings (SSSR count). The highest BCUT2D eigenvalue weighted by molar-refractivity contribution is 5.74. The van der Waals surface area contributed by atoms with Crippen molar-refractivity contribution in [3.05, 3.63) is 0 Å². The SMILES string of the molecule is CN(CCO)C(=O)N1CCNCC1. The van der Waals surface area contributed by atoms with Gasteiger partial charge in [-0.25, -0.2) is 4.79 Å². The van der Waals surface area contributed by atoms with Gasteiger partial charge < -0.3 is 20.2 Å². The summed E-state index contributed by atoms with van der Waals surface area (Å²) in [5, 5.41) is 11.8. The lowest BCUT2D eigenvalue weighted by Gasteiger charge is -2.31. The van der Waals surface area contributed by atoms with Gasteiger partial charge >= 0.3 is 6.03 Å². The molecule has 1 aliphatic rings. The second-order valence-electron chi connectivity index (χ2n) is 3.16. The lowest BCUT2D eigenvalue weighted by Crippen LogP contribution is -2.51. The molecule has 13 heavy (non-hydrogen) atoms. The van der Waals surface area contributed by atoms with Crippen LogP contribution in [0, 0.1) is 0 Å². The molecule has 1 heterocycles. The Kier molecular flexibility index (Phi) is 3.98. The highest BCUT2D eigenvalue weighted by atomic mass is 16.3. The van der Waals surface area contributed by atoms with Gasteiger partial charge in [0.2, 0.25) is 0 Å².